The Bertz CT molecular complexity index is 1180. The fourth-order valence-corrected chi connectivity index (χ4v) is 12.2. The van der Waals surface area contributed by atoms with E-state index in [1.54, 1.807) is 0 Å². The molecule has 0 radical (unpaired) electrons. The maximum absolute atomic E-state index is 12.6. The summed E-state index contributed by atoms with van der Waals surface area (Å²) in [6.07, 6.45) is -5.03. The summed E-state index contributed by atoms with van der Waals surface area (Å²) in [4.78, 5) is 0. The van der Waals surface area contributed by atoms with Gasteiger partial charge in [-0.25, -0.2) is 0 Å². The van der Waals surface area contributed by atoms with Gasteiger partial charge in [0.15, 0.2) is 12.6 Å². The fraction of sp³-hybridized carbons (Fsp3) is 1.00. The van der Waals surface area contributed by atoms with E-state index in [2.05, 4.69) is 34.6 Å². The summed E-state index contributed by atoms with van der Waals surface area (Å²) >= 11 is 0. The van der Waals surface area contributed by atoms with Crippen LogP contribution in [0.5, 0.6) is 0 Å². The van der Waals surface area contributed by atoms with E-state index < -0.39 is 73.1 Å². The fourth-order valence-electron chi connectivity index (χ4n) is 12.2. The molecule has 0 aromatic heterocycles. The van der Waals surface area contributed by atoms with Gasteiger partial charge in [0.05, 0.1) is 43.2 Å². The molecule has 51 heavy (non-hydrogen) atoms. The summed E-state index contributed by atoms with van der Waals surface area (Å²) in [5, 5.41) is 87.0. The van der Waals surface area contributed by atoms with Gasteiger partial charge in [0, 0.05) is 19.4 Å². The highest BCUT2D eigenvalue weighted by atomic mass is 16.8. The quantitative estimate of drug-likeness (QED) is 0.150. The van der Waals surface area contributed by atoms with Crippen LogP contribution in [0.3, 0.4) is 0 Å². The van der Waals surface area contributed by atoms with E-state index in [4.69, 9.17) is 23.7 Å². The number of methoxy groups -OCH3 is 1. The molecule has 13 heteroatoms. The summed E-state index contributed by atoms with van der Waals surface area (Å²) in [5.74, 6) is -0.0422. The van der Waals surface area contributed by atoms with Crippen LogP contribution >= 0.6 is 0 Å². The lowest BCUT2D eigenvalue weighted by atomic mass is 9.42. The molecule has 296 valence electrons. The molecule has 6 fully saturated rings. The Morgan fingerprint density at radius 2 is 1.53 bits per heavy atom. The highest BCUT2D eigenvalue weighted by Crippen LogP contribution is 2.69. The molecule has 0 spiro atoms. The Hall–Kier alpha value is -0.520. The van der Waals surface area contributed by atoms with Crippen LogP contribution < -0.4 is 0 Å². The Morgan fingerprint density at radius 3 is 2.20 bits per heavy atom. The molecule has 6 aliphatic rings. The molecular weight excluding hydrogens is 664 g/mol. The van der Waals surface area contributed by atoms with Gasteiger partial charge >= 0.3 is 0 Å². The summed E-state index contributed by atoms with van der Waals surface area (Å²) in [6.45, 7) is 10.2. The maximum Gasteiger partial charge on any atom is 0.187 e. The lowest BCUT2D eigenvalue weighted by molar-refractivity contribution is -0.308. The van der Waals surface area contributed by atoms with Gasteiger partial charge in [-0.1, -0.05) is 34.6 Å². The summed E-state index contributed by atoms with van der Waals surface area (Å²) in [5.41, 5.74) is -1.79. The molecule has 4 aliphatic carbocycles. The second-order valence-corrected chi connectivity index (χ2v) is 18.0. The molecule has 2 aliphatic heterocycles. The lowest BCUT2D eigenvalue weighted by Gasteiger charge is -2.66. The van der Waals surface area contributed by atoms with E-state index >= 15 is 0 Å². The first-order valence-electron chi connectivity index (χ1n) is 19.5. The molecule has 0 unspecified atom stereocenters. The third-order valence-corrected chi connectivity index (χ3v) is 14.8. The summed E-state index contributed by atoms with van der Waals surface area (Å²) in [7, 11) is 1.47. The van der Waals surface area contributed by atoms with Gasteiger partial charge in [-0.15, -0.1) is 0 Å². The van der Waals surface area contributed by atoms with Crippen LogP contribution in [0.2, 0.25) is 0 Å². The van der Waals surface area contributed by atoms with Crippen molar-refractivity contribution >= 4 is 0 Å². The van der Waals surface area contributed by atoms with Crippen molar-refractivity contribution < 1.29 is 64.5 Å². The van der Waals surface area contributed by atoms with Crippen molar-refractivity contribution in [3.63, 3.8) is 0 Å². The minimum atomic E-state index is -1.52. The zero-order valence-corrected chi connectivity index (χ0v) is 31.3. The molecule has 8 N–H and O–H groups in total. The topological polar surface area (TPSA) is 208 Å². The van der Waals surface area contributed by atoms with Crippen molar-refractivity contribution in [1.82, 2.24) is 0 Å². The summed E-state index contributed by atoms with van der Waals surface area (Å²) in [6, 6.07) is 0. The Kier molecular flexibility index (Phi) is 12.0. The molecule has 0 aromatic rings. The molecule has 0 amide bonds. The third-order valence-electron chi connectivity index (χ3n) is 14.8. The SMILES string of the molecule is CO[C@@H]1[C@@H](O[C@@H]2OC[C@@H](O)[C@H](O)[C@H]2O)[C@H](O[C@@H](CC[C@@H](C)[C@H]2C[C@@H](O)[C@@H]3[C@]2(C)CC[C@@H]2[C@@]4(C)CC[C@H](O)C[C@@H]4[C@@H](O)C[C@]23O)C(C)C)O[C@H]1CO. The van der Waals surface area contributed by atoms with Crippen LogP contribution in [0, 0.1) is 46.3 Å². The van der Waals surface area contributed by atoms with Crippen molar-refractivity contribution in [2.75, 3.05) is 20.3 Å². The second kappa shape index (κ2) is 15.2. The molecule has 20 atom stereocenters. The number of rotatable bonds is 11. The van der Waals surface area contributed by atoms with Crippen LogP contribution in [0.15, 0.2) is 0 Å². The minimum absolute atomic E-state index is 0.0416. The summed E-state index contributed by atoms with van der Waals surface area (Å²) < 4.78 is 29.9. The largest absolute Gasteiger partial charge is 0.394 e. The van der Waals surface area contributed by atoms with Gasteiger partial charge in [0.25, 0.3) is 0 Å². The molecule has 2 saturated heterocycles. The van der Waals surface area contributed by atoms with Gasteiger partial charge in [0.1, 0.15) is 36.6 Å². The van der Waals surface area contributed by atoms with Gasteiger partial charge in [0.2, 0.25) is 0 Å². The van der Waals surface area contributed by atoms with Crippen molar-refractivity contribution in [1.29, 1.82) is 0 Å². The van der Waals surface area contributed by atoms with Crippen molar-refractivity contribution in [3.8, 4) is 0 Å². The van der Waals surface area contributed by atoms with Crippen LogP contribution in [0.4, 0.5) is 0 Å². The van der Waals surface area contributed by atoms with Gasteiger partial charge in [-0.3, -0.25) is 0 Å². The van der Waals surface area contributed by atoms with E-state index in [0.29, 0.717) is 25.7 Å². The van der Waals surface area contributed by atoms with Crippen molar-refractivity contribution in [2.24, 2.45) is 46.3 Å². The Balaban J connectivity index is 1.14. The zero-order valence-electron chi connectivity index (χ0n) is 31.3. The van der Waals surface area contributed by atoms with E-state index in [0.717, 1.165) is 25.7 Å². The van der Waals surface area contributed by atoms with Gasteiger partial charge in [-0.2, -0.15) is 0 Å². The number of aliphatic hydroxyl groups is 8. The van der Waals surface area contributed by atoms with Crippen LogP contribution in [0.1, 0.15) is 92.4 Å². The predicted molar refractivity (Wildman–Crippen MR) is 183 cm³/mol. The average molecular weight is 731 g/mol. The first-order valence-corrected chi connectivity index (χ1v) is 19.5. The van der Waals surface area contributed by atoms with E-state index in [9.17, 15) is 40.9 Å². The number of hydrogen-bond acceptors (Lipinski definition) is 13. The predicted octanol–water partition coefficient (Wildman–Crippen LogP) is 1.08. The molecule has 0 bridgehead atoms. The smallest absolute Gasteiger partial charge is 0.187 e. The molecule has 13 nitrogen and oxygen atoms in total. The maximum atomic E-state index is 12.6. The Morgan fingerprint density at radius 1 is 0.824 bits per heavy atom. The first-order chi connectivity index (χ1) is 24.0. The van der Waals surface area contributed by atoms with E-state index in [1.165, 1.54) is 7.11 Å². The van der Waals surface area contributed by atoms with Crippen LogP contribution in [-0.2, 0) is 23.7 Å². The molecular formula is C38H66O13. The Labute approximate surface area is 302 Å². The minimum Gasteiger partial charge on any atom is -0.394 e. The first kappa shape index (κ1) is 40.2. The number of hydrogen-bond donors (Lipinski definition) is 8. The van der Waals surface area contributed by atoms with E-state index in [-0.39, 0.29) is 72.1 Å². The number of fused-ring (bicyclic) bond motifs is 5. The molecule has 4 saturated carbocycles. The zero-order chi connectivity index (χ0) is 37.2. The van der Waals surface area contributed by atoms with Gasteiger partial charge < -0.3 is 64.5 Å². The van der Waals surface area contributed by atoms with Crippen molar-refractivity contribution in [2.45, 2.75) is 172 Å². The van der Waals surface area contributed by atoms with Crippen molar-refractivity contribution in [3.05, 3.63) is 0 Å². The lowest BCUT2D eigenvalue weighted by Crippen LogP contribution is -2.68. The number of aliphatic hydroxyl groups excluding tert-OH is 7. The van der Waals surface area contributed by atoms with Crippen LogP contribution in [-0.4, -0.2) is 140 Å². The third kappa shape index (κ3) is 6.97. The van der Waals surface area contributed by atoms with E-state index in [1.807, 2.05) is 0 Å². The monoisotopic (exact) mass is 730 g/mol. The van der Waals surface area contributed by atoms with Crippen LogP contribution in [0.25, 0.3) is 0 Å². The van der Waals surface area contributed by atoms with Gasteiger partial charge in [-0.05, 0) is 91.8 Å². The normalized spacial score (nSPS) is 52.6. The highest BCUT2D eigenvalue weighted by molar-refractivity contribution is 5.20. The highest BCUT2D eigenvalue weighted by Gasteiger charge is 2.70. The standard InChI is InChI=1S/C38H66O13/c1-18(2)26(49-35-32(31(47-6)27(16-39)50-35)51-34-30(45)29(44)25(43)17-48-34)8-7-19(3)21-14-23(41)33-37(21,5)12-10-28-36(4)11-9-20(40)13-22(36)24(42)15-38(28,33)46/h18-35,39-46H,7-17H2,1-6H3/t19-,20+,21-,22-,23-,24+,25-,26+,27+,28-,29+,30-,31+,32-,33-,34+,35-,36+,37-,38+/m1/s1. The average Bonchev–Trinajstić information content (AvgIpc) is 3.56. The molecule has 2 heterocycles. The number of ether oxygens (including phenoxy) is 5. The molecule has 6 rings (SSSR count). The second-order valence-electron chi connectivity index (χ2n) is 18.0. The molecule has 0 aromatic carbocycles.